The first kappa shape index (κ1) is 27.1. The summed E-state index contributed by atoms with van der Waals surface area (Å²) in [5.41, 5.74) is 4.35. The van der Waals surface area contributed by atoms with Crippen LogP contribution in [0, 0.1) is 0 Å². The zero-order valence-corrected chi connectivity index (χ0v) is 20.9. The predicted molar refractivity (Wildman–Crippen MR) is 138 cm³/mol. The van der Waals surface area contributed by atoms with E-state index in [1.54, 1.807) is 42.5 Å². The maximum absolute atomic E-state index is 12.9. The number of unbranched alkanes of at least 4 members (excludes halogenated alkanes) is 2. The van der Waals surface area contributed by atoms with E-state index >= 15 is 0 Å². The Bertz CT molecular complexity index is 1240. The minimum Gasteiger partial charge on any atom is -0.322 e. The molecule has 190 valence electrons. The van der Waals surface area contributed by atoms with Gasteiger partial charge < -0.3 is 5.32 Å². The van der Waals surface area contributed by atoms with Crippen molar-refractivity contribution < 1.29 is 23.2 Å². The van der Waals surface area contributed by atoms with Crippen molar-refractivity contribution in [3.05, 3.63) is 95.6 Å². The number of anilines is 1. The van der Waals surface area contributed by atoms with Crippen molar-refractivity contribution in [2.75, 3.05) is 5.32 Å². The van der Waals surface area contributed by atoms with Gasteiger partial charge in [0, 0.05) is 11.3 Å². The highest BCUT2D eigenvalue weighted by atomic mass is 32.2. The first-order valence-corrected chi connectivity index (χ1v) is 13.3. The van der Waals surface area contributed by atoms with Gasteiger partial charge in [-0.05, 0) is 66.8 Å². The van der Waals surface area contributed by atoms with Gasteiger partial charge in [-0.25, -0.2) is 13.9 Å². The summed E-state index contributed by atoms with van der Waals surface area (Å²) in [5.74, 6) is -1.17. The molecule has 0 saturated carbocycles. The highest BCUT2D eigenvalue weighted by Crippen LogP contribution is 2.17. The number of benzene rings is 3. The van der Waals surface area contributed by atoms with Gasteiger partial charge in [0.15, 0.2) is 0 Å². The van der Waals surface area contributed by atoms with Crippen molar-refractivity contribution in [2.45, 2.75) is 50.0 Å². The fourth-order valence-corrected chi connectivity index (χ4v) is 4.89. The van der Waals surface area contributed by atoms with E-state index in [1.165, 1.54) is 41.7 Å². The summed E-state index contributed by atoms with van der Waals surface area (Å²) < 4.78 is 28.1. The van der Waals surface area contributed by atoms with Crippen LogP contribution in [-0.2, 0) is 27.7 Å². The van der Waals surface area contributed by atoms with Crippen molar-refractivity contribution in [2.24, 2.45) is 0 Å². The van der Waals surface area contributed by atoms with Crippen molar-refractivity contribution >= 4 is 27.5 Å². The van der Waals surface area contributed by atoms with Gasteiger partial charge in [0.05, 0.1) is 4.90 Å². The molecular weight excluding hydrogens is 478 g/mol. The van der Waals surface area contributed by atoms with Gasteiger partial charge in [0.1, 0.15) is 6.04 Å². The zero-order valence-electron chi connectivity index (χ0n) is 20.1. The lowest BCUT2D eigenvalue weighted by Crippen LogP contribution is -2.47. The molecule has 3 aromatic carbocycles. The van der Waals surface area contributed by atoms with E-state index in [0.29, 0.717) is 11.3 Å². The molecule has 1 atom stereocenters. The molecule has 36 heavy (non-hydrogen) atoms. The molecule has 0 saturated heterocycles. The summed E-state index contributed by atoms with van der Waals surface area (Å²) in [5, 5.41) is 11.8. The van der Waals surface area contributed by atoms with E-state index in [1.807, 2.05) is 12.1 Å². The third kappa shape index (κ3) is 7.74. The number of hydrogen-bond donors (Lipinski definition) is 4. The molecule has 8 nitrogen and oxygen atoms in total. The molecule has 0 bridgehead atoms. The molecule has 2 amide bonds. The fraction of sp³-hybridized carbons (Fsp3) is 0.259. The number of carbonyl (C=O) groups is 2. The van der Waals surface area contributed by atoms with Crippen LogP contribution < -0.4 is 15.5 Å². The second-order valence-corrected chi connectivity index (χ2v) is 10.2. The van der Waals surface area contributed by atoms with Crippen LogP contribution in [0.4, 0.5) is 5.69 Å². The van der Waals surface area contributed by atoms with Crippen LogP contribution in [0.5, 0.6) is 0 Å². The summed E-state index contributed by atoms with van der Waals surface area (Å²) in [6.07, 6.45) is 4.47. The Labute approximate surface area is 211 Å². The summed E-state index contributed by atoms with van der Waals surface area (Å²) in [7, 11) is -4.08. The molecule has 0 aliphatic rings. The molecule has 0 aliphatic carbocycles. The second-order valence-electron chi connectivity index (χ2n) is 8.47. The fourth-order valence-electron chi connectivity index (χ4n) is 3.69. The Morgan fingerprint density at radius 2 is 1.53 bits per heavy atom. The monoisotopic (exact) mass is 509 g/mol. The number of carbonyl (C=O) groups excluding carboxylic acids is 2. The molecule has 0 spiro atoms. The van der Waals surface area contributed by atoms with E-state index in [0.717, 1.165) is 24.8 Å². The Balaban J connectivity index is 1.64. The van der Waals surface area contributed by atoms with Crippen LogP contribution in [0.2, 0.25) is 0 Å². The van der Waals surface area contributed by atoms with Crippen LogP contribution >= 0.6 is 0 Å². The molecule has 1 unspecified atom stereocenters. The SMILES string of the molecule is CCCCCc1ccc(C(=O)Nc2ccc(S(=O)(=O)NC(Cc3ccccc3)C(=O)NO)cc2)cc1. The largest absolute Gasteiger partial charge is 0.322 e. The van der Waals surface area contributed by atoms with Crippen molar-refractivity contribution in [1.82, 2.24) is 10.2 Å². The first-order chi connectivity index (χ1) is 17.3. The molecule has 4 N–H and O–H groups in total. The number of hydrogen-bond acceptors (Lipinski definition) is 5. The van der Waals surface area contributed by atoms with Crippen molar-refractivity contribution in [3.8, 4) is 0 Å². The normalized spacial score (nSPS) is 12.1. The van der Waals surface area contributed by atoms with E-state index in [4.69, 9.17) is 5.21 Å². The Hall–Kier alpha value is -3.53. The number of nitrogens with one attached hydrogen (secondary N) is 3. The second kappa shape index (κ2) is 13.0. The molecule has 9 heteroatoms. The molecule has 0 radical (unpaired) electrons. The van der Waals surface area contributed by atoms with Gasteiger partial charge >= 0.3 is 0 Å². The quantitative estimate of drug-likeness (QED) is 0.166. The van der Waals surface area contributed by atoms with Gasteiger partial charge in [-0.3, -0.25) is 14.8 Å². The molecule has 0 heterocycles. The summed E-state index contributed by atoms with van der Waals surface area (Å²) >= 11 is 0. The van der Waals surface area contributed by atoms with Gasteiger partial charge in [-0.1, -0.05) is 62.2 Å². The third-order valence-corrected chi connectivity index (χ3v) is 7.20. The Morgan fingerprint density at radius 3 is 2.14 bits per heavy atom. The summed E-state index contributed by atoms with van der Waals surface area (Å²) in [6, 6.07) is 20.7. The van der Waals surface area contributed by atoms with Crippen LogP contribution in [0.15, 0.2) is 83.8 Å². The van der Waals surface area contributed by atoms with Gasteiger partial charge in [0.2, 0.25) is 10.0 Å². The molecular formula is C27H31N3O5S. The maximum atomic E-state index is 12.9. The van der Waals surface area contributed by atoms with Crippen LogP contribution in [0.25, 0.3) is 0 Å². The predicted octanol–water partition coefficient (Wildman–Crippen LogP) is 4.07. The van der Waals surface area contributed by atoms with E-state index in [2.05, 4.69) is 17.0 Å². The van der Waals surface area contributed by atoms with Crippen LogP contribution in [0.3, 0.4) is 0 Å². The summed E-state index contributed by atoms with van der Waals surface area (Å²) in [4.78, 5) is 24.6. The average Bonchev–Trinajstić information content (AvgIpc) is 2.89. The molecule has 0 aromatic heterocycles. The number of hydroxylamine groups is 1. The number of rotatable bonds is 12. The topological polar surface area (TPSA) is 125 Å². The van der Waals surface area contributed by atoms with E-state index in [-0.39, 0.29) is 17.2 Å². The highest BCUT2D eigenvalue weighted by molar-refractivity contribution is 7.89. The molecule has 0 aliphatic heterocycles. The number of aryl methyl sites for hydroxylation is 1. The van der Waals surface area contributed by atoms with Crippen molar-refractivity contribution in [3.63, 3.8) is 0 Å². The van der Waals surface area contributed by atoms with Crippen LogP contribution in [0.1, 0.15) is 47.7 Å². The lowest BCUT2D eigenvalue weighted by molar-refractivity contribution is -0.130. The number of sulfonamides is 1. The Kier molecular flexibility index (Phi) is 9.75. The van der Waals surface area contributed by atoms with Gasteiger partial charge in [-0.2, -0.15) is 4.72 Å². The van der Waals surface area contributed by atoms with E-state index < -0.39 is 22.0 Å². The third-order valence-electron chi connectivity index (χ3n) is 5.71. The smallest absolute Gasteiger partial charge is 0.261 e. The minimum absolute atomic E-state index is 0.0536. The minimum atomic E-state index is -4.08. The highest BCUT2D eigenvalue weighted by Gasteiger charge is 2.26. The molecule has 3 aromatic rings. The Morgan fingerprint density at radius 1 is 0.861 bits per heavy atom. The number of amides is 2. The van der Waals surface area contributed by atoms with E-state index in [9.17, 15) is 18.0 Å². The summed E-state index contributed by atoms with van der Waals surface area (Å²) in [6.45, 7) is 2.16. The van der Waals surface area contributed by atoms with Gasteiger partial charge in [0.25, 0.3) is 11.8 Å². The van der Waals surface area contributed by atoms with Gasteiger partial charge in [-0.15, -0.1) is 0 Å². The standard InChI is InChI=1S/C27H31N3O5S/c1-2-3-5-8-20-11-13-22(14-12-20)26(31)28-23-15-17-24(18-16-23)36(34,35)30-25(27(32)29-33)19-21-9-6-4-7-10-21/h4,6-7,9-18,25,30,33H,2-3,5,8,19H2,1H3,(H,28,31)(H,29,32). The average molecular weight is 510 g/mol. The zero-order chi connectivity index (χ0) is 26.0. The first-order valence-electron chi connectivity index (χ1n) is 11.8. The lowest BCUT2D eigenvalue weighted by atomic mass is 10.1. The maximum Gasteiger partial charge on any atom is 0.261 e. The van der Waals surface area contributed by atoms with Crippen molar-refractivity contribution in [1.29, 1.82) is 0 Å². The molecule has 0 fully saturated rings. The lowest BCUT2D eigenvalue weighted by Gasteiger charge is -2.17. The van der Waals surface area contributed by atoms with Crippen LogP contribution in [-0.4, -0.2) is 31.5 Å². The molecule has 3 rings (SSSR count).